The second-order valence-electron chi connectivity index (χ2n) is 7.78. The normalized spacial score (nSPS) is 11.4. The number of aromatic amines is 1. The minimum atomic E-state index is -0.560. The van der Waals surface area contributed by atoms with Gasteiger partial charge in [0.15, 0.2) is 11.2 Å². The van der Waals surface area contributed by atoms with E-state index in [1.807, 2.05) is 6.92 Å². The van der Waals surface area contributed by atoms with E-state index in [0.717, 1.165) is 12.8 Å². The Morgan fingerprint density at radius 1 is 1.12 bits per heavy atom. The number of ether oxygens (including phenoxy) is 1. The van der Waals surface area contributed by atoms with Gasteiger partial charge in [-0.05, 0) is 12.5 Å². The topological polar surface area (TPSA) is 134 Å². The largest absolute Gasteiger partial charge is 0.457 e. The molecule has 33 heavy (non-hydrogen) atoms. The van der Waals surface area contributed by atoms with Gasteiger partial charge in [-0.1, -0.05) is 31.5 Å². The van der Waals surface area contributed by atoms with Crippen molar-refractivity contribution in [2.75, 3.05) is 0 Å². The Labute approximate surface area is 187 Å². The SMILES string of the molecule is CCCCn1c(=O)[nH]c(=O)c2c1nc(COC(=O)Cc1nn(C)c(=O)c3ccccc13)n2C. The maximum atomic E-state index is 12.6. The van der Waals surface area contributed by atoms with Crippen LogP contribution < -0.4 is 16.8 Å². The fraction of sp³-hybridized carbons (Fsp3) is 0.364. The molecule has 3 heterocycles. The van der Waals surface area contributed by atoms with Crippen molar-refractivity contribution in [1.82, 2.24) is 28.9 Å². The highest BCUT2D eigenvalue weighted by Crippen LogP contribution is 2.15. The molecule has 11 heteroatoms. The molecule has 0 aliphatic rings. The number of nitrogens with one attached hydrogen (secondary N) is 1. The smallest absolute Gasteiger partial charge is 0.330 e. The van der Waals surface area contributed by atoms with E-state index < -0.39 is 17.2 Å². The Bertz CT molecular complexity index is 1540. The predicted octanol–water partition coefficient (Wildman–Crippen LogP) is 0.756. The van der Waals surface area contributed by atoms with E-state index in [1.165, 1.54) is 20.9 Å². The number of benzene rings is 1. The maximum absolute atomic E-state index is 12.6. The third-order valence-electron chi connectivity index (χ3n) is 5.55. The first kappa shape index (κ1) is 22.2. The molecule has 11 nitrogen and oxygen atoms in total. The summed E-state index contributed by atoms with van der Waals surface area (Å²) >= 11 is 0. The van der Waals surface area contributed by atoms with Gasteiger partial charge in [0, 0.05) is 26.0 Å². The highest BCUT2D eigenvalue weighted by Gasteiger charge is 2.18. The third-order valence-corrected chi connectivity index (χ3v) is 5.55. The Morgan fingerprint density at radius 3 is 2.58 bits per heavy atom. The highest BCUT2D eigenvalue weighted by atomic mass is 16.5. The molecule has 4 aromatic rings. The molecule has 0 aliphatic heterocycles. The van der Waals surface area contributed by atoms with Crippen LogP contribution in [0.15, 0.2) is 38.6 Å². The van der Waals surface area contributed by atoms with Crippen LogP contribution in [0, 0.1) is 0 Å². The Morgan fingerprint density at radius 2 is 1.85 bits per heavy atom. The monoisotopic (exact) mass is 452 g/mol. The summed E-state index contributed by atoms with van der Waals surface area (Å²) in [5, 5.41) is 5.27. The molecule has 1 N–H and O–H groups in total. The Hall–Kier alpha value is -4.02. The van der Waals surface area contributed by atoms with Crippen LogP contribution in [0.5, 0.6) is 0 Å². The van der Waals surface area contributed by atoms with Crippen molar-refractivity contribution >= 4 is 27.9 Å². The van der Waals surface area contributed by atoms with Crippen molar-refractivity contribution in [2.24, 2.45) is 14.1 Å². The number of fused-ring (bicyclic) bond motifs is 2. The van der Waals surface area contributed by atoms with Gasteiger partial charge in [-0.2, -0.15) is 5.10 Å². The average molecular weight is 452 g/mol. The number of carbonyl (C=O) groups excluding carboxylic acids is 1. The quantitative estimate of drug-likeness (QED) is 0.409. The first-order valence-electron chi connectivity index (χ1n) is 10.6. The first-order chi connectivity index (χ1) is 15.8. The second-order valence-corrected chi connectivity index (χ2v) is 7.78. The van der Waals surface area contributed by atoms with E-state index >= 15 is 0 Å². The van der Waals surface area contributed by atoms with Gasteiger partial charge in [0.25, 0.3) is 11.1 Å². The van der Waals surface area contributed by atoms with Crippen LogP contribution in [-0.4, -0.2) is 34.9 Å². The molecule has 0 radical (unpaired) electrons. The summed E-state index contributed by atoms with van der Waals surface area (Å²) in [6.07, 6.45) is 1.49. The number of esters is 1. The van der Waals surface area contributed by atoms with Crippen LogP contribution in [0.3, 0.4) is 0 Å². The molecule has 0 amide bonds. The minimum absolute atomic E-state index is 0.139. The van der Waals surface area contributed by atoms with Gasteiger partial charge in [-0.25, -0.2) is 14.5 Å². The molecule has 0 atom stereocenters. The molecule has 0 unspecified atom stereocenters. The zero-order valence-electron chi connectivity index (χ0n) is 18.6. The summed E-state index contributed by atoms with van der Waals surface area (Å²) in [6, 6.07) is 6.94. The number of rotatable bonds is 7. The zero-order chi connectivity index (χ0) is 23.7. The molecule has 4 rings (SSSR count). The second kappa shape index (κ2) is 8.85. The number of unbranched alkanes of at least 4 members (excludes halogenated alkanes) is 1. The summed E-state index contributed by atoms with van der Waals surface area (Å²) in [6.45, 7) is 2.24. The lowest BCUT2D eigenvalue weighted by molar-refractivity contribution is -0.144. The van der Waals surface area contributed by atoms with Gasteiger partial charge in [-0.3, -0.25) is 23.9 Å². The van der Waals surface area contributed by atoms with E-state index in [1.54, 1.807) is 31.3 Å². The summed E-state index contributed by atoms with van der Waals surface area (Å²) < 4.78 is 9.54. The van der Waals surface area contributed by atoms with Crippen molar-refractivity contribution in [1.29, 1.82) is 0 Å². The first-order valence-corrected chi connectivity index (χ1v) is 10.6. The van der Waals surface area contributed by atoms with E-state index in [4.69, 9.17) is 4.74 Å². The van der Waals surface area contributed by atoms with E-state index in [9.17, 15) is 19.2 Å². The van der Waals surface area contributed by atoms with Crippen molar-refractivity contribution in [3.63, 3.8) is 0 Å². The molecule has 0 fully saturated rings. The molecule has 0 bridgehead atoms. The fourth-order valence-electron chi connectivity index (χ4n) is 3.78. The average Bonchev–Trinajstić information content (AvgIpc) is 3.12. The number of carbonyl (C=O) groups is 1. The highest BCUT2D eigenvalue weighted by molar-refractivity contribution is 5.86. The lowest BCUT2D eigenvalue weighted by Gasteiger charge is -2.08. The van der Waals surface area contributed by atoms with Gasteiger partial charge in [0.2, 0.25) is 0 Å². The minimum Gasteiger partial charge on any atom is -0.457 e. The van der Waals surface area contributed by atoms with E-state index in [0.29, 0.717) is 28.8 Å². The lowest BCUT2D eigenvalue weighted by Crippen LogP contribution is -2.31. The Balaban J connectivity index is 1.59. The lowest BCUT2D eigenvalue weighted by atomic mass is 10.1. The third kappa shape index (κ3) is 4.09. The fourth-order valence-corrected chi connectivity index (χ4v) is 3.78. The number of imidazole rings is 1. The van der Waals surface area contributed by atoms with Gasteiger partial charge in [-0.15, -0.1) is 0 Å². The van der Waals surface area contributed by atoms with Crippen LogP contribution in [0.2, 0.25) is 0 Å². The molecule has 0 aliphatic carbocycles. The number of H-pyrrole nitrogens is 1. The molecule has 1 aromatic carbocycles. The number of hydrogen-bond donors (Lipinski definition) is 1. The molecular weight excluding hydrogens is 428 g/mol. The van der Waals surface area contributed by atoms with Crippen LogP contribution >= 0.6 is 0 Å². The molecule has 3 aromatic heterocycles. The summed E-state index contributed by atoms with van der Waals surface area (Å²) in [5.74, 6) is -0.228. The molecular formula is C22H24N6O5. The van der Waals surface area contributed by atoms with E-state index in [2.05, 4.69) is 15.1 Å². The van der Waals surface area contributed by atoms with Crippen molar-refractivity contribution < 1.29 is 9.53 Å². The number of nitrogens with zero attached hydrogens (tertiary/aromatic N) is 5. The molecule has 172 valence electrons. The van der Waals surface area contributed by atoms with Crippen molar-refractivity contribution in [3.8, 4) is 0 Å². The summed E-state index contributed by atoms with van der Waals surface area (Å²) in [4.78, 5) is 56.2. The Kier molecular flexibility index (Phi) is 5.95. The number of aromatic nitrogens is 6. The molecule has 0 saturated carbocycles. The molecule has 0 spiro atoms. The maximum Gasteiger partial charge on any atom is 0.330 e. The summed E-state index contributed by atoms with van der Waals surface area (Å²) in [5.41, 5.74) is -0.389. The van der Waals surface area contributed by atoms with Crippen molar-refractivity contribution in [2.45, 2.75) is 39.3 Å². The van der Waals surface area contributed by atoms with Crippen LogP contribution in [0.1, 0.15) is 31.3 Å². The number of hydrogen-bond acceptors (Lipinski definition) is 7. The van der Waals surface area contributed by atoms with Gasteiger partial charge in [0.05, 0.1) is 17.5 Å². The van der Waals surface area contributed by atoms with E-state index in [-0.39, 0.29) is 29.8 Å². The van der Waals surface area contributed by atoms with Crippen molar-refractivity contribution in [3.05, 3.63) is 67.0 Å². The zero-order valence-corrected chi connectivity index (χ0v) is 18.6. The van der Waals surface area contributed by atoms with Gasteiger partial charge < -0.3 is 9.30 Å². The summed E-state index contributed by atoms with van der Waals surface area (Å²) in [7, 11) is 3.16. The van der Waals surface area contributed by atoms with Crippen LogP contribution in [-0.2, 0) is 43.2 Å². The predicted molar refractivity (Wildman–Crippen MR) is 121 cm³/mol. The standard InChI is InChI=1S/C22H24N6O5/c1-4-5-10-28-19-18(20(30)24-22(28)32)26(2)16(23-19)12-33-17(29)11-15-13-8-6-7-9-14(13)21(31)27(3)25-15/h6-9H,4-5,10-12H2,1-3H3,(H,24,30,32). The molecule has 0 saturated heterocycles. The van der Waals surface area contributed by atoms with Gasteiger partial charge in [0.1, 0.15) is 12.4 Å². The van der Waals surface area contributed by atoms with Crippen LogP contribution in [0.4, 0.5) is 0 Å². The van der Waals surface area contributed by atoms with Gasteiger partial charge >= 0.3 is 11.7 Å². The number of aryl methyl sites for hydroxylation is 3. The van der Waals surface area contributed by atoms with Crippen LogP contribution in [0.25, 0.3) is 21.9 Å².